The SMILES string of the molecule is CN=C(NCC(=O)N1CCCC1)NC1CCN(c2cc(Cl)ccc2OC)C1. The van der Waals surface area contributed by atoms with Crippen LogP contribution in [0.2, 0.25) is 5.02 Å². The van der Waals surface area contributed by atoms with E-state index in [4.69, 9.17) is 16.3 Å². The molecule has 0 spiro atoms. The molecule has 2 N–H and O–H groups in total. The maximum absolute atomic E-state index is 12.2. The topological polar surface area (TPSA) is 69.2 Å². The van der Waals surface area contributed by atoms with Gasteiger partial charge in [-0.3, -0.25) is 9.79 Å². The van der Waals surface area contributed by atoms with Crippen molar-refractivity contribution >= 4 is 29.2 Å². The molecule has 2 heterocycles. The first kappa shape index (κ1) is 19.6. The average molecular weight is 394 g/mol. The van der Waals surface area contributed by atoms with Crippen molar-refractivity contribution < 1.29 is 9.53 Å². The summed E-state index contributed by atoms with van der Waals surface area (Å²) >= 11 is 6.16. The van der Waals surface area contributed by atoms with Crippen LogP contribution in [-0.4, -0.2) is 69.7 Å². The minimum absolute atomic E-state index is 0.132. The normalized spacial score (nSPS) is 20.1. The van der Waals surface area contributed by atoms with Crippen LogP contribution >= 0.6 is 11.6 Å². The molecule has 1 aromatic carbocycles. The van der Waals surface area contributed by atoms with Crippen molar-refractivity contribution in [2.75, 3.05) is 51.8 Å². The average Bonchev–Trinajstić information content (AvgIpc) is 3.36. The molecule has 1 aromatic rings. The lowest BCUT2D eigenvalue weighted by atomic mass is 10.2. The molecule has 27 heavy (non-hydrogen) atoms. The molecule has 0 bridgehead atoms. The van der Waals surface area contributed by atoms with E-state index in [1.165, 1.54) is 0 Å². The summed E-state index contributed by atoms with van der Waals surface area (Å²) in [5.74, 6) is 1.61. The minimum atomic E-state index is 0.132. The van der Waals surface area contributed by atoms with E-state index in [0.717, 1.165) is 56.9 Å². The summed E-state index contributed by atoms with van der Waals surface area (Å²) in [6, 6.07) is 5.90. The Balaban J connectivity index is 1.52. The van der Waals surface area contributed by atoms with Gasteiger partial charge in [0, 0.05) is 44.3 Å². The van der Waals surface area contributed by atoms with Crippen LogP contribution in [0.15, 0.2) is 23.2 Å². The van der Waals surface area contributed by atoms with Crippen LogP contribution in [-0.2, 0) is 4.79 Å². The second kappa shape index (κ2) is 9.17. The van der Waals surface area contributed by atoms with Crippen molar-refractivity contribution in [3.63, 3.8) is 0 Å². The van der Waals surface area contributed by atoms with Crippen LogP contribution in [0.4, 0.5) is 5.69 Å². The largest absolute Gasteiger partial charge is 0.495 e. The van der Waals surface area contributed by atoms with Gasteiger partial charge in [-0.2, -0.15) is 0 Å². The lowest BCUT2D eigenvalue weighted by Gasteiger charge is -2.23. The Morgan fingerprint density at radius 3 is 2.81 bits per heavy atom. The van der Waals surface area contributed by atoms with E-state index in [0.29, 0.717) is 11.0 Å². The van der Waals surface area contributed by atoms with Crippen LogP contribution in [0.5, 0.6) is 5.75 Å². The van der Waals surface area contributed by atoms with E-state index >= 15 is 0 Å². The van der Waals surface area contributed by atoms with Gasteiger partial charge in [0.1, 0.15) is 5.75 Å². The molecule has 2 fully saturated rings. The van der Waals surface area contributed by atoms with Gasteiger partial charge in [0.25, 0.3) is 0 Å². The molecule has 1 amide bonds. The number of nitrogens with one attached hydrogen (secondary N) is 2. The number of guanidine groups is 1. The zero-order valence-corrected chi connectivity index (χ0v) is 16.8. The van der Waals surface area contributed by atoms with Gasteiger partial charge in [0.2, 0.25) is 5.91 Å². The van der Waals surface area contributed by atoms with Gasteiger partial charge in [0.05, 0.1) is 19.3 Å². The Morgan fingerprint density at radius 2 is 2.11 bits per heavy atom. The van der Waals surface area contributed by atoms with E-state index in [2.05, 4.69) is 20.5 Å². The third kappa shape index (κ3) is 4.97. The fourth-order valence-electron chi connectivity index (χ4n) is 3.63. The van der Waals surface area contributed by atoms with Crippen molar-refractivity contribution in [3.8, 4) is 5.75 Å². The predicted octanol–water partition coefficient (Wildman–Crippen LogP) is 1.71. The first-order chi connectivity index (χ1) is 13.1. The number of rotatable bonds is 5. The number of amides is 1. The number of likely N-dealkylation sites (tertiary alicyclic amines) is 1. The second-order valence-electron chi connectivity index (χ2n) is 6.91. The molecular formula is C19H28ClN5O2. The maximum Gasteiger partial charge on any atom is 0.241 e. The molecule has 0 aliphatic carbocycles. The Bertz CT molecular complexity index is 691. The number of methoxy groups -OCH3 is 1. The standard InChI is InChI=1S/C19H28ClN5O2/c1-21-19(22-12-18(26)24-8-3-4-9-24)23-15-7-10-25(13-15)16-11-14(20)5-6-17(16)27-2/h5-6,11,15H,3-4,7-10,12-13H2,1-2H3,(H2,21,22,23). The molecule has 2 saturated heterocycles. The Morgan fingerprint density at radius 1 is 1.33 bits per heavy atom. The highest BCUT2D eigenvalue weighted by atomic mass is 35.5. The van der Waals surface area contributed by atoms with Gasteiger partial charge in [-0.15, -0.1) is 0 Å². The Labute approximate surface area is 165 Å². The molecule has 0 saturated carbocycles. The quantitative estimate of drug-likeness (QED) is 0.588. The lowest BCUT2D eigenvalue weighted by molar-refractivity contribution is -0.128. The van der Waals surface area contributed by atoms with E-state index < -0.39 is 0 Å². The minimum Gasteiger partial charge on any atom is -0.495 e. The summed E-state index contributed by atoms with van der Waals surface area (Å²) in [7, 11) is 3.39. The van der Waals surface area contributed by atoms with Crippen molar-refractivity contribution in [3.05, 3.63) is 23.2 Å². The summed E-state index contributed by atoms with van der Waals surface area (Å²) in [6.07, 6.45) is 3.17. The van der Waals surface area contributed by atoms with Gasteiger partial charge in [-0.1, -0.05) is 11.6 Å². The molecule has 0 radical (unpaired) electrons. The molecule has 8 heteroatoms. The highest BCUT2D eigenvalue weighted by molar-refractivity contribution is 6.30. The van der Waals surface area contributed by atoms with Crippen LogP contribution in [0.3, 0.4) is 0 Å². The fourth-order valence-corrected chi connectivity index (χ4v) is 3.80. The molecule has 1 unspecified atom stereocenters. The summed E-state index contributed by atoms with van der Waals surface area (Å²) < 4.78 is 5.46. The van der Waals surface area contributed by atoms with Crippen molar-refractivity contribution in [1.29, 1.82) is 0 Å². The third-order valence-electron chi connectivity index (χ3n) is 5.10. The molecule has 1 atom stereocenters. The van der Waals surface area contributed by atoms with E-state index in [1.807, 2.05) is 23.1 Å². The van der Waals surface area contributed by atoms with Crippen molar-refractivity contribution in [2.24, 2.45) is 4.99 Å². The van der Waals surface area contributed by atoms with Gasteiger partial charge in [0.15, 0.2) is 5.96 Å². The maximum atomic E-state index is 12.2. The lowest BCUT2D eigenvalue weighted by Crippen LogP contribution is -2.48. The summed E-state index contributed by atoms with van der Waals surface area (Å²) in [6.45, 7) is 3.73. The number of benzene rings is 1. The Kier molecular flexibility index (Phi) is 6.66. The number of nitrogens with zero attached hydrogens (tertiary/aromatic N) is 3. The van der Waals surface area contributed by atoms with Crippen LogP contribution in [0.25, 0.3) is 0 Å². The van der Waals surface area contributed by atoms with E-state index in [1.54, 1.807) is 14.2 Å². The number of carbonyl (C=O) groups excluding carboxylic acids is 1. The molecule has 3 rings (SSSR count). The molecular weight excluding hydrogens is 366 g/mol. The number of hydrogen-bond acceptors (Lipinski definition) is 4. The highest BCUT2D eigenvalue weighted by Crippen LogP contribution is 2.33. The van der Waals surface area contributed by atoms with Crippen molar-refractivity contribution in [1.82, 2.24) is 15.5 Å². The van der Waals surface area contributed by atoms with Crippen LogP contribution in [0.1, 0.15) is 19.3 Å². The number of anilines is 1. The number of halogens is 1. The number of ether oxygens (including phenoxy) is 1. The smallest absolute Gasteiger partial charge is 0.241 e. The second-order valence-corrected chi connectivity index (χ2v) is 7.34. The Hall–Kier alpha value is -2.15. The fraction of sp³-hybridized carbons (Fsp3) is 0.579. The van der Waals surface area contributed by atoms with Crippen LogP contribution in [0, 0.1) is 0 Å². The summed E-state index contributed by atoms with van der Waals surface area (Å²) in [4.78, 5) is 20.6. The summed E-state index contributed by atoms with van der Waals surface area (Å²) in [5, 5.41) is 7.25. The molecule has 0 aromatic heterocycles. The molecule has 2 aliphatic heterocycles. The number of aliphatic imine (C=N–C) groups is 1. The third-order valence-corrected chi connectivity index (χ3v) is 5.34. The first-order valence-electron chi connectivity index (χ1n) is 9.44. The summed E-state index contributed by atoms with van der Waals surface area (Å²) in [5.41, 5.74) is 1.00. The zero-order valence-electron chi connectivity index (χ0n) is 16.0. The van der Waals surface area contributed by atoms with Crippen LogP contribution < -0.4 is 20.3 Å². The van der Waals surface area contributed by atoms with Gasteiger partial charge in [-0.25, -0.2) is 0 Å². The van der Waals surface area contributed by atoms with E-state index in [9.17, 15) is 4.79 Å². The molecule has 2 aliphatic rings. The predicted molar refractivity (Wildman–Crippen MR) is 109 cm³/mol. The monoisotopic (exact) mass is 393 g/mol. The van der Waals surface area contributed by atoms with Gasteiger partial charge in [-0.05, 0) is 37.5 Å². The first-order valence-corrected chi connectivity index (χ1v) is 9.82. The van der Waals surface area contributed by atoms with E-state index in [-0.39, 0.29) is 18.5 Å². The molecule has 7 nitrogen and oxygen atoms in total. The van der Waals surface area contributed by atoms with Gasteiger partial charge < -0.3 is 25.2 Å². The van der Waals surface area contributed by atoms with Gasteiger partial charge >= 0.3 is 0 Å². The number of carbonyl (C=O) groups is 1. The van der Waals surface area contributed by atoms with Crippen molar-refractivity contribution in [2.45, 2.75) is 25.3 Å². The zero-order chi connectivity index (χ0) is 19.2. The highest BCUT2D eigenvalue weighted by Gasteiger charge is 2.26. The molecule has 148 valence electrons. The number of hydrogen-bond donors (Lipinski definition) is 2.